The Balaban J connectivity index is 2.33. The molecule has 0 unspecified atom stereocenters. The molecule has 0 spiro atoms. The third kappa shape index (κ3) is 2.50. The van der Waals surface area contributed by atoms with Crippen LogP contribution in [0, 0.1) is 6.92 Å². The Morgan fingerprint density at radius 1 is 1.41 bits per heavy atom. The molecular weight excluding hydrogens is 262 g/mol. The second kappa shape index (κ2) is 4.26. The smallest absolute Gasteiger partial charge is 0.292 e. The van der Waals surface area contributed by atoms with Crippen molar-refractivity contribution in [3.63, 3.8) is 0 Å². The summed E-state index contributed by atoms with van der Waals surface area (Å²) >= 11 is 0.797. The molecule has 90 valence electrons. The lowest BCUT2D eigenvalue weighted by Gasteiger charge is -2.05. The minimum absolute atomic E-state index is 0.100. The van der Waals surface area contributed by atoms with Crippen LogP contribution in [0.4, 0.5) is 10.9 Å². The van der Waals surface area contributed by atoms with Crippen LogP contribution in [0.25, 0.3) is 0 Å². The molecule has 2 heterocycles. The molecule has 0 saturated heterocycles. The second-order valence-electron chi connectivity index (χ2n) is 3.18. The number of nitrogens with two attached hydrogens (primary N) is 1. The lowest BCUT2D eigenvalue weighted by molar-refractivity contribution is 0.599. The Morgan fingerprint density at radius 2 is 2.18 bits per heavy atom. The van der Waals surface area contributed by atoms with Gasteiger partial charge in [-0.05, 0) is 18.6 Å². The second-order valence-corrected chi connectivity index (χ2v) is 6.05. The summed E-state index contributed by atoms with van der Waals surface area (Å²) in [5, 5.41) is 7.03. The van der Waals surface area contributed by atoms with Gasteiger partial charge in [0.2, 0.25) is 5.13 Å². The van der Waals surface area contributed by atoms with E-state index in [9.17, 15) is 8.42 Å². The maximum Gasteiger partial charge on any atom is 0.292 e. The van der Waals surface area contributed by atoms with Crippen molar-refractivity contribution in [1.82, 2.24) is 15.2 Å². The summed E-state index contributed by atoms with van der Waals surface area (Å²) in [5.74, 6) is 0.265. The van der Waals surface area contributed by atoms with Crippen molar-refractivity contribution in [2.45, 2.75) is 11.3 Å². The first-order chi connectivity index (χ1) is 7.99. The minimum Gasteiger partial charge on any atom is -0.374 e. The van der Waals surface area contributed by atoms with Gasteiger partial charge in [0, 0.05) is 6.20 Å². The molecule has 0 aromatic carbocycles. The first kappa shape index (κ1) is 11.7. The number of nitrogens with one attached hydrogen (secondary N) is 1. The highest BCUT2D eigenvalue weighted by Crippen LogP contribution is 2.20. The highest BCUT2D eigenvalue weighted by atomic mass is 32.2. The topological polar surface area (TPSA) is 111 Å². The number of anilines is 2. The molecule has 0 bridgehead atoms. The van der Waals surface area contributed by atoms with Crippen molar-refractivity contribution in [2.24, 2.45) is 0 Å². The van der Waals surface area contributed by atoms with E-state index in [0.29, 0.717) is 5.56 Å². The molecule has 0 fully saturated rings. The minimum atomic E-state index is -3.76. The summed E-state index contributed by atoms with van der Waals surface area (Å²) in [6.45, 7) is 1.75. The van der Waals surface area contributed by atoms with E-state index in [1.165, 1.54) is 6.20 Å². The van der Waals surface area contributed by atoms with Crippen molar-refractivity contribution in [1.29, 1.82) is 0 Å². The lowest BCUT2D eigenvalue weighted by atomic mass is 10.3. The summed E-state index contributed by atoms with van der Waals surface area (Å²) in [6, 6.07) is 3.47. The molecule has 2 rings (SSSR count). The van der Waals surface area contributed by atoms with Gasteiger partial charge in [0.05, 0.1) is 0 Å². The molecule has 0 aliphatic rings. The largest absolute Gasteiger partial charge is 0.374 e. The van der Waals surface area contributed by atoms with Crippen LogP contribution in [-0.2, 0) is 10.0 Å². The molecule has 0 radical (unpaired) electrons. The van der Waals surface area contributed by atoms with Gasteiger partial charge in [-0.1, -0.05) is 17.4 Å². The number of aryl methyl sites for hydroxylation is 1. The SMILES string of the molecule is Cc1cccnc1NS(=O)(=O)c1nnc(N)s1. The monoisotopic (exact) mass is 271 g/mol. The first-order valence-electron chi connectivity index (χ1n) is 4.52. The van der Waals surface area contributed by atoms with Crippen LogP contribution in [0.5, 0.6) is 0 Å². The van der Waals surface area contributed by atoms with Crippen molar-refractivity contribution in [3.8, 4) is 0 Å². The fourth-order valence-electron chi connectivity index (χ4n) is 1.09. The molecule has 7 nitrogen and oxygen atoms in total. The molecule has 0 aliphatic heterocycles. The van der Waals surface area contributed by atoms with Gasteiger partial charge in [-0.15, -0.1) is 10.2 Å². The fourth-order valence-corrected chi connectivity index (χ4v) is 2.96. The number of pyridine rings is 1. The van der Waals surface area contributed by atoms with Gasteiger partial charge in [-0.3, -0.25) is 4.72 Å². The predicted octanol–water partition coefficient (Wildman–Crippen LogP) is 0.625. The average Bonchev–Trinajstić information content (AvgIpc) is 2.69. The number of aromatic nitrogens is 3. The number of hydrogen-bond donors (Lipinski definition) is 2. The van der Waals surface area contributed by atoms with Gasteiger partial charge in [-0.25, -0.2) is 4.98 Å². The molecule has 3 N–H and O–H groups in total. The predicted molar refractivity (Wildman–Crippen MR) is 64.1 cm³/mol. The fraction of sp³-hybridized carbons (Fsp3) is 0.125. The summed E-state index contributed by atoms with van der Waals surface area (Å²) in [7, 11) is -3.76. The van der Waals surface area contributed by atoms with Gasteiger partial charge in [0.25, 0.3) is 14.4 Å². The first-order valence-corrected chi connectivity index (χ1v) is 6.82. The zero-order valence-corrected chi connectivity index (χ0v) is 10.4. The van der Waals surface area contributed by atoms with E-state index in [1.807, 2.05) is 0 Å². The van der Waals surface area contributed by atoms with Crippen LogP contribution < -0.4 is 10.5 Å². The summed E-state index contributed by atoms with van der Waals surface area (Å²) < 4.78 is 25.9. The standard InChI is InChI=1S/C8H9N5O2S2/c1-5-3-2-4-10-6(5)13-17(14,15)8-12-11-7(9)16-8/h2-4H,1H3,(H2,9,11)(H,10,13). The van der Waals surface area contributed by atoms with Gasteiger partial charge < -0.3 is 5.73 Å². The Hall–Kier alpha value is -1.74. The molecule has 2 aromatic rings. The van der Waals surface area contributed by atoms with Gasteiger partial charge in [0.15, 0.2) is 0 Å². The van der Waals surface area contributed by atoms with Crippen LogP contribution >= 0.6 is 11.3 Å². The van der Waals surface area contributed by atoms with Crippen molar-refractivity contribution >= 4 is 32.3 Å². The van der Waals surface area contributed by atoms with Crippen LogP contribution in [0.3, 0.4) is 0 Å². The zero-order valence-electron chi connectivity index (χ0n) is 8.78. The third-order valence-corrected chi connectivity index (χ3v) is 4.35. The van der Waals surface area contributed by atoms with E-state index >= 15 is 0 Å². The van der Waals surface area contributed by atoms with Gasteiger partial charge in [-0.2, -0.15) is 8.42 Å². The number of sulfonamides is 1. The zero-order chi connectivity index (χ0) is 12.5. The van der Waals surface area contributed by atoms with E-state index in [4.69, 9.17) is 5.73 Å². The molecule has 9 heteroatoms. The van der Waals surface area contributed by atoms with Crippen molar-refractivity contribution in [3.05, 3.63) is 23.9 Å². The van der Waals surface area contributed by atoms with E-state index in [0.717, 1.165) is 11.3 Å². The van der Waals surface area contributed by atoms with Gasteiger partial charge >= 0.3 is 0 Å². The summed E-state index contributed by atoms with van der Waals surface area (Å²) in [4.78, 5) is 3.93. The van der Waals surface area contributed by atoms with E-state index < -0.39 is 10.0 Å². The van der Waals surface area contributed by atoms with E-state index in [2.05, 4.69) is 19.9 Å². The number of nitrogen functional groups attached to an aromatic ring is 1. The van der Waals surface area contributed by atoms with E-state index in [1.54, 1.807) is 19.1 Å². The quantitative estimate of drug-likeness (QED) is 0.846. The number of nitrogens with zero attached hydrogens (tertiary/aromatic N) is 3. The highest BCUT2D eigenvalue weighted by molar-refractivity contribution is 7.94. The van der Waals surface area contributed by atoms with Crippen LogP contribution in [0.1, 0.15) is 5.56 Å². The van der Waals surface area contributed by atoms with Crippen molar-refractivity contribution in [2.75, 3.05) is 10.5 Å². The summed E-state index contributed by atoms with van der Waals surface area (Å²) in [6.07, 6.45) is 1.50. The Labute approximate surface area is 102 Å². The number of hydrogen-bond acceptors (Lipinski definition) is 7. The molecule has 0 saturated carbocycles. The molecule has 0 amide bonds. The van der Waals surface area contributed by atoms with Crippen LogP contribution in [0.2, 0.25) is 0 Å². The molecule has 17 heavy (non-hydrogen) atoms. The highest BCUT2D eigenvalue weighted by Gasteiger charge is 2.20. The molecule has 0 atom stereocenters. The maximum absolute atomic E-state index is 11.9. The van der Waals surface area contributed by atoms with E-state index in [-0.39, 0.29) is 15.3 Å². The maximum atomic E-state index is 11.9. The Bertz CT molecular complexity index is 637. The molecular formula is C8H9N5O2S2. The van der Waals surface area contributed by atoms with Crippen LogP contribution in [0.15, 0.2) is 22.7 Å². The normalized spacial score (nSPS) is 11.4. The van der Waals surface area contributed by atoms with Gasteiger partial charge in [0.1, 0.15) is 5.82 Å². The lowest BCUT2D eigenvalue weighted by Crippen LogP contribution is -2.14. The van der Waals surface area contributed by atoms with Crippen LogP contribution in [-0.4, -0.2) is 23.6 Å². The summed E-state index contributed by atoms with van der Waals surface area (Å²) in [5.41, 5.74) is 6.05. The third-order valence-electron chi connectivity index (χ3n) is 1.89. The Kier molecular flexibility index (Phi) is 2.94. The molecule has 0 aliphatic carbocycles. The molecule has 2 aromatic heterocycles. The number of rotatable bonds is 3. The average molecular weight is 271 g/mol. The van der Waals surface area contributed by atoms with Crippen molar-refractivity contribution < 1.29 is 8.42 Å². The Morgan fingerprint density at radius 3 is 2.76 bits per heavy atom.